The first-order valence-electron chi connectivity index (χ1n) is 10.3. The van der Waals surface area contributed by atoms with Gasteiger partial charge >= 0.3 is 5.97 Å². The zero-order valence-corrected chi connectivity index (χ0v) is 18.0. The topological polar surface area (TPSA) is 88.4 Å². The highest BCUT2D eigenvalue weighted by Crippen LogP contribution is 2.27. The van der Waals surface area contributed by atoms with Crippen LogP contribution in [0.1, 0.15) is 19.4 Å². The van der Waals surface area contributed by atoms with E-state index in [2.05, 4.69) is 38.2 Å². The van der Waals surface area contributed by atoms with Crippen LogP contribution in [0, 0.1) is 0 Å². The molecule has 2 aromatic heterocycles. The molecular formula is C22H27N7O2. The monoisotopic (exact) mass is 421 g/mol. The number of hydrogen-bond acceptors (Lipinski definition) is 8. The van der Waals surface area contributed by atoms with Crippen LogP contribution in [0.4, 0.5) is 23.1 Å². The summed E-state index contributed by atoms with van der Waals surface area (Å²) in [4.78, 5) is 24.9. The van der Waals surface area contributed by atoms with Crippen LogP contribution in [-0.2, 0) is 23.2 Å². The van der Waals surface area contributed by atoms with Gasteiger partial charge in [0.25, 0.3) is 0 Å². The zero-order valence-electron chi connectivity index (χ0n) is 18.0. The van der Waals surface area contributed by atoms with Gasteiger partial charge in [0.2, 0.25) is 5.95 Å². The molecule has 1 aromatic carbocycles. The molecule has 9 nitrogen and oxygen atoms in total. The molecule has 31 heavy (non-hydrogen) atoms. The Kier molecular flexibility index (Phi) is 6.01. The first-order valence-corrected chi connectivity index (χ1v) is 10.3. The fourth-order valence-corrected chi connectivity index (χ4v) is 3.82. The number of carbonyl (C=O) groups excluding carboxylic acids is 1. The van der Waals surface area contributed by atoms with Crippen LogP contribution in [0.15, 0.2) is 48.9 Å². The average molecular weight is 422 g/mol. The molecule has 3 aromatic rings. The summed E-state index contributed by atoms with van der Waals surface area (Å²) in [5.74, 6) is 1.17. The van der Waals surface area contributed by atoms with E-state index in [1.54, 1.807) is 17.1 Å². The van der Waals surface area contributed by atoms with Gasteiger partial charge in [-0.15, -0.1) is 0 Å². The summed E-state index contributed by atoms with van der Waals surface area (Å²) in [7, 11) is 1.87. The lowest BCUT2D eigenvalue weighted by atomic mass is 10.1. The molecule has 1 aliphatic heterocycles. The van der Waals surface area contributed by atoms with Crippen LogP contribution in [0.2, 0.25) is 0 Å². The largest absolute Gasteiger partial charge is 0.461 e. The van der Waals surface area contributed by atoms with E-state index in [1.807, 2.05) is 37.5 Å². The molecule has 9 heteroatoms. The zero-order chi connectivity index (χ0) is 21.8. The number of esters is 1. The molecule has 0 amide bonds. The molecule has 1 atom stereocenters. The maximum absolute atomic E-state index is 11.2. The number of carbonyl (C=O) groups is 1. The van der Waals surface area contributed by atoms with Gasteiger partial charge in [-0.25, -0.2) is 4.98 Å². The van der Waals surface area contributed by atoms with Crippen molar-refractivity contribution in [1.29, 1.82) is 0 Å². The molecule has 1 fully saturated rings. The number of rotatable bonds is 6. The minimum atomic E-state index is -0.271. The maximum Gasteiger partial charge on any atom is 0.302 e. The van der Waals surface area contributed by atoms with Crippen molar-refractivity contribution in [3.05, 3.63) is 54.5 Å². The number of aryl methyl sites for hydroxylation is 1. The van der Waals surface area contributed by atoms with Crippen molar-refractivity contribution >= 4 is 29.1 Å². The Hall–Kier alpha value is -3.62. The van der Waals surface area contributed by atoms with Crippen molar-refractivity contribution < 1.29 is 9.53 Å². The van der Waals surface area contributed by atoms with Crippen LogP contribution >= 0.6 is 0 Å². The number of anilines is 4. The minimum Gasteiger partial charge on any atom is -0.461 e. The molecule has 0 spiro atoms. The summed E-state index contributed by atoms with van der Waals surface area (Å²) >= 11 is 0. The van der Waals surface area contributed by atoms with Gasteiger partial charge in [0.1, 0.15) is 12.4 Å². The molecule has 1 unspecified atom stereocenters. The lowest BCUT2D eigenvalue weighted by molar-refractivity contribution is -0.142. The SMILES string of the molecule is CC(=O)OCc1ccccc1N1CCN(c2ccnc(Nc3cnn(C)c3)n2)CC1C. The second-order valence-electron chi connectivity index (χ2n) is 7.66. The number of aromatic nitrogens is 4. The molecule has 1 aliphatic rings. The van der Waals surface area contributed by atoms with Gasteiger partial charge in [-0.3, -0.25) is 9.48 Å². The third-order valence-electron chi connectivity index (χ3n) is 5.29. The van der Waals surface area contributed by atoms with E-state index < -0.39 is 0 Å². The third-order valence-corrected chi connectivity index (χ3v) is 5.29. The van der Waals surface area contributed by atoms with Crippen molar-refractivity contribution in [2.75, 3.05) is 34.8 Å². The Morgan fingerprint density at radius 2 is 2.10 bits per heavy atom. The normalized spacial score (nSPS) is 16.3. The highest BCUT2D eigenvalue weighted by molar-refractivity contribution is 5.66. The lowest BCUT2D eigenvalue weighted by Crippen LogP contribution is -2.52. The van der Waals surface area contributed by atoms with Crippen molar-refractivity contribution in [1.82, 2.24) is 19.7 Å². The number of nitrogens with zero attached hydrogens (tertiary/aromatic N) is 6. The Morgan fingerprint density at radius 1 is 1.26 bits per heavy atom. The van der Waals surface area contributed by atoms with E-state index >= 15 is 0 Å². The van der Waals surface area contributed by atoms with E-state index in [4.69, 9.17) is 9.72 Å². The van der Waals surface area contributed by atoms with Gasteiger partial charge in [0.05, 0.1) is 11.9 Å². The number of hydrogen-bond donors (Lipinski definition) is 1. The van der Waals surface area contributed by atoms with Crippen LogP contribution in [0.3, 0.4) is 0 Å². The predicted molar refractivity (Wildman–Crippen MR) is 119 cm³/mol. The number of benzene rings is 1. The first kappa shape index (κ1) is 20.6. The second kappa shape index (κ2) is 9.03. The number of piperazine rings is 1. The summed E-state index contributed by atoms with van der Waals surface area (Å²) in [5, 5.41) is 7.35. The van der Waals surface area contributed by atoms with Crippen LogP contribution < -0.4 is 15.1 Å². The smallest absolute Gasteiger partial charge is 0.302 e. The van der Waals surface area contributed by atoms with Crippen molar-refractivity contribution in [3.8, 4) is 0 Å². The summed E-state index contributed by atoms with van der Waals surface area (Å²) in [6.07, 6.45) is 5.39. The summed E-state index contributed by atoms with van der Waals surface area (Å²) in [6, 6.07) is 10.3. The molecule has 1 saturated heterocycles. The van der Waals surface area contributed by atoms with Gasteiger partial charge in [-0.05, 0) is 19.1 Å². The third kappa shape index (κ3) is 4.93. The molecule has 0 saturated carbocycles. The fourth-order valence-electron chi connectivity index (χ4n) is 3.82. The van der Waals surface area contributed by atoms with E-state index in [0.29, 0.717) is 5.95 Å². The fraction of sp³-hybridized carbons (Fsp3) is 0.364. The van der Waals surface area contributed by atoms with Crippen molar-refractivity contribution in [2.24, 2.45) is 7.05 Å². The Morgan fingerprint density at radius 3 is 2.84 bits per heavy atom. The molecule has 4 rings (SSSR count). The van der Waals surface area contributed by atoms with Gasteiger partial charge in [0.15, 0.2) is 0 Å². The Balaban J connectivity index is 1.45. The highest BCUT2D eigenvalue weighted by atomic mass is 16.5. The number of para-hydroxylation sites is 1. The second-order valence-corrected chi connectivity index (χ2v) is 7.66. The van der Waals surface area contributed by atoms with Crippen LogP contribution in [0.5, 0.6) is 0 Å². The van der Waals surface area contributed by atoms with Crippen LogP contribution in [-0.4, -0.2) is 51.4 Å². The summed E-state index contributed by atoms with van der Waals surface area (Å²) in [6.45, 7) is 6.41. The van der Waals surface area contributed by atoms with Gasteiger partial charge in [-0.2, -0.15) is 10.1 Å². The van der Waals surface area contributed by atoms with Gasteiger partial charge < -0.3 is 19.9 Å². The van der Waals surface area contributed by atoms with Gasteiger partial charge in [0, 0.05) is 63.3 Å². The Labute approximate surface area is 181 Å². The quantitative estimate of drug-likeness (QED) is 0.608. The molecule has 3 heterocycles. The molecule has 162 valence electrons. The summed E-state index contributed by atoms with van der Waals surface area (Å²) < 4.78 is 6.97. The van der Waals surface area contributed by atoms with Gasteiger partial charge in [-0.1, -0.05) is 18.2 Å². The number of nitrogens with one attached hydrogen (secondary N) is 1. The molecule has 0 aliphatic carbocycles. The summed E-state index contributed by atoms with van der Waals surface area (Å²) in [5.41, 5.74) is 2.97. The lowest BCUT2D eigenvalue weighted by Gasteiger charge is -2.42. The van der Waals surface area contributed by atoms with Crippen molar-refractivity contribution in [3.63, 3.8) is 0 Å². The molecular weight excluding hydrogens is 394 g/mol. The van der Waals surface area contributed by atoms with E-state index in [1.165, 1.54) is 6.92 Å². The molecule has 1 N–H and O–H groups in total. The maximum atomic E-state index is 11.2. The first-order chi connectivity index (χ1) is 15.0. The predicted octanol–water partition coefficient (Wildman–Crippen LogP) is 2.73. The standard InChI is InChI=1S/C22H27N7O2/c1-16-13-28(21-8-9-23-22(26-21)25-19-12-24-27(3)14-19)10-11-29(16)20-7-5-4-6-18(20)15-31-17(2)30/h4-9,12,14,16H,10-11,13,15H2,1-3H3,(H,23,25,26). The van der Waals surface area contributed by atoms with Crippen LogP contribution in [0.25, 0.3) is 0 Å². The van der Waals surface area contributed by atoms with E-state index in [0.717, 1.165) is 42.4 Å². The number of ether oxygens (including phenoxy) is 1. The van der Waals surface area contributed by atoms with E-state index in [9.17, 15) is 4.79 Å². The highest BCUT2D eigenvalue weighted by Gasteiger charge is 2.26. The van der Waals surface area contributed by atoms with Crippen molar-refractivity contribution in [2.45, 2.75) is 26.5 Å². The molecule has 0 radical (unpaired) electrons. The van der Waals surface area contributed by atoms with E-state index in [-0.39, 0.29) is 18.6 Å². The Bertz CT molecular complexity index is 1050. The average Bonchev–Trinajstić information content (AvgIpc) is 3.17. The minimum absolute atomic E-state index is 0.261. The molecule has 0 bridgehead atoms.